The lowest BCUT2D eigenvalue weighted by Crippen LogP contribution is -2.05. The van der Waals surface area contributed by atoms with Gasteiger partial charge >= 0.3 is 0 Å². The Labute approximate surface area is 101 Å². The Morgan fingerprint density at radius 2 is 1.65 bits per heavy atom. The molecule has 0 aliphatic rings. The molecule has 3 nitrogen and oxygen atoms in total. The van der Waals surface area contributed by atoms with Gasteiger partial charge in [-0.25, -0.2) is 9.97 Å². The fourth-order valence-corrected chi connectivity index (χ4v) is 1.90. The first kappa shape index (κ1) is 11.5. The van der Waals surface area contributed by atoms with E-state index in [1.54, 1.807) is 12.4 Å². The summed E-state index contributed by atoms with van der Waals surface area (Å²) in [5.74, 6) is 0.0515. The van der Waals surface area contributed by atoms with Crippen LogP contribution >= 0.6 is 0 Å². The van der Waals surface area contributed by atoms with Crippen molar-refractivity contribution >= 4 is 5.78 Å². The van der Waals surface area contributed by atoms with Gasteiger partial charge in [0.25, 0.3) is 0 Å². The molecule has 0 N–H and O–H groups in total. The van der Waals surface area contributed by atoms with Gasteiger partial charge in [-0.1, -0.05) is 29.3 Å². The molecule has 0 amide bonds. The predicted octanol–water partition coefficient (Wildman–Crippen LogP) is 2.52. The maximum absolute atomic E-state index is 12.0. The predicted molar refractivity (Wildman–Crippen MR) is 66.0 cm³/mol. The fraction of sp³-hybridized carbons (Fsp3) is 0.214. The van der Waals surface area contributed by atoms with Gasteiger partial charge in [-0.2, -0.15) is 0 Å². The number of hydrogen-bond acceptors (Lipinski definition) is 3. The molecule has 2 rings (SSSR count). The van der Waals surface area contributed by atoms with Crippen LogP contribution in [0.4, 0.5) is 0 Å². The highest BCUT2D eigenvalue weighted by atomic mass is 16.1. The Morgan fingerprint density at radius 1 is 1.06 bits per heavy atom. The van der Waals surface area contributed by atoms with Gasteiger partial charge in [0.1, 0.15) is 6.33 Å². The Morgan fingerprint density at radius 3 is 2.24 bits per heavy atom. The molecular formula is C14H14N2O. The number of nitrogens with zero attached hydrogens (tertiary/aromatic N) is 2. The molecule has 0 bridgehead atoms. The number of Topliss-reactive ketones (excluding diaryl/α,β-unsaturated/α-hetero) is 1. The van der Waals surface area contributed by atoms with Gasteiger partial charge in [-0.05, 0) is 19.4 Å². The average molecular weight is 226 g/mol. The summed E-state index contributed by atoms with van der Waals surface area (Å²) in [5.41, 5.74) is 3.96. The van der Waals surface area contributed by atoms with Gasteiger partial charge in [0.2, 0.25) is 0 Å². The van der Waals surface area contributed by atoms with Crippen molar-refractivity contribution in [1.29, 1.82) is 0 Å². The van der Waals surface area contributed by atoms with Crippen molar-refractivity contribution in [3.63, 3.8) is 0 Å². The number of ketones is 1. The largest absolute Gasteiger partial charge is 0.294 e. The summed E-state index contributed by atoms with van der Waals surface area (Å²) in [7, 11) is 0. The SMILES string of the molecule is Cc1cc(C)cc(CC(=O)c2cncnc2)c1. The quantitative estimate of drug-likeness (QED) is 0.755. The number of aryl methyl sites for hydroxylation is 2. The van der Waals surface area contributed by atoms with E-state index in [-0.39, 0.29) is 5.78 Å². The molecule has 0 aliphatic carbocycles. The Bertz CT molecular complexity index is 515. The van der Waals surface area contributed by atoms with Crippen molar-refractivity contribution in [2.45, 2.75) is 20.3 Å². The van der Waals surface area contributed by atoms with E-state index in [1.165, 1.54) is 17.5 Å². The molecule has 0 radical (unpaired) electrons. The van der Waals surface area contributed by atoms with E-state index < -0.39 is 0 Å². The van der Waals surface area contributed by atoms with E-state index in [0.717, 1.165) is 5.56 Å². The number of carbonyl (C=O) groups is 1. The maximum atomic E-state index is 12.0. The van der Waals surface area contributed by atoms with Gasteiger partial charge in [0.05, 0.1) is 5.56 Å². The second-order valence-electron chi connectivity index (χ2n) is 4.22. The van der Waals surface area contributed by atoms with E-state index in [0.29, 0.717) is 12.0 Å². The number of benzene rings is 1. The third-order valence-electron chi connectivity index (χ3n) is 2.53. The van der Waals surface area contributed by atoms with Crippen LogP contribution in [0.5, 0.6) is 0 Å². The average Bonchev–Trinajstić information content (AvgIpc) is 2.28. The maximum Gasteiger partial charge on any atom is 0.170 e. The summed E-state index contributed by atoms with van der Waals surface area (Å²) in [6.45, 7) is 4.07. The minimum atomic E-state index is 0.0515. The molecule has 0 saturated heterocycles. The second-order valence-corrected chi connectivity index (χ2v) is 4.22. The van der Waals surface area contributed by atoms with Crippen molar-refractivity contribution < 1.29 is 4.79 Å². The monoisotopic (exact) mass is 226 g/mol. The summed E-state index contributed by atoms with van der Waals surface area (Å²) >= 11 is 0. The highest BCUT2D eigenvalue weighted by Crippen LogP contribution is 2.11. The number of rotatable bonds is 3. The molecule has 86 valence electrons. The van der Waals surface area contributed by atoms with Crippen molar-refractivity contribution in [3.8, 4) is 0 Å². The molecule has 2 aromatic rings. The van der Waals surface area contributed by atoms with Crippen molar-refractivity contribution in [2.24, 2.45) is 0 Å². The zero-order valence-corrected chi connectivity index (χ0v) is 9.97. The minimum Gasteiger partial charge on any atom is -0.294 e. The molecule has 0 saturated carbocycles. The number of aromatic nitrogens is 2. The molecule has 0 unspecified atom stereocenters. The normalized spacial score (nSPS) is 10.2. The molecule has 0 aliphatic heterocycles. The van der Waals surface area contributed by atoms with Gasteiger partial charge < -0.3 is 0 Å². The summed E-state index contributed by atoms with van der Waals surface area (Å²) in [6, 6.07) is 6.17. The van der Waals surface area contributed by atoms with Crippen LogP contribution in [0.1, 0.15) is 27.0 Å². The van der Waals surface area contributed by atoms with Crippen molar-refractivity contribution in [1.82, 2.24) is 9.97 Å². The Kier molecular flexibility index (Phi) is 3.28. The lowest BCUT2D eigenvalue weighted by Gasteiger charge is -2.04. The highest BCUT2D eigenvalue weighted by Gasteiger charge is 2.07. The molecule has 0 atom stereocenters. The van der Waals surface area contributed by atoms with Gasteiger partial charge in [-0.3, -0.25) is 4.79 Å². The van der Waals surface area contributed by atoms with Crippen LogP contribution in [-0.2, 0) is 6.42 Å². The van der Waals surface area contributed by atoms with Crippen LogP contribution in [0.25, 0.3) is 0 Å². The van der Waals surface area contributed by atoms with Gasteiger partial charge in [0, 0.05) is 18.8 Å². The third kappa shape index (κ3) is 2.97. The summed E-state index contributed by atoms with van der Waals surface area (Å²) in [5, 5.41) is 0. The van der Waals surface area contributed by atoms with E-state index in [1.807, 2.05) is 26.0 Å². The second kappa shape index (κ2) is 4.87. The summed E-state index contributed by atoms with van der Waals surface area (Å²) in [4.78, 5) is 19.7. The lowest BCUT2D eigenvalue weighted by molar-refractivity contribution is 0.0992. The zero-order chi connectivity index (χ0) is 12.3. The highest BCUT2D eigenvalue weighted by molar-refractivity contribution is 5.96. The number of carbonyl (C=O) groups excluding carboxylic acids is 1. The number of hydrogen-bond donors (Lipinski definition) is 0. The van der Waals surface area contributed by atoms with Crippen LogP contribution in [0.2, 0.25) is 0 Å². The topological polar surface area (TPSA) is 42.9 Å². The first-order valence-electron chi connectivity index (χ1n) is 5.50. The van der Waals surface area contributed by atoms with Crippen LogP contribution in [0.3, 0.4) is 0 Å². The minimum absolute atomic E-state index is 0.0515. The lowest BCUT2D eigenvalue weighted by atomic mass is 10.0. The van der Waals surface area contributed by atoms with Crippen LogP contribution in [-0.4, -0.2) is 15.8 Å². The smallest absolute Gasteiger partial charge is 0.170 e. The molecule has 1 heterocycles. The molecular weight excluding hydrogens is 212 g/mol. The van der Waals surface area contributed by atoms with Crippen LogP contribution in [0, 0.1) is 13.8 Å². The molecule has 1 aromatic heterocycles. The van der Waals surface area contributed by atoms with E-state index in [9.17, 15) is 4.79 Å². The van der Waals surface area contributed by atoms with Crippen LogP contribution < -0.4 is 0 Å². The Balaban J connectivity index is 2.19. The zero-order valence-electron chi connectivity index (χ0n) is 9.97. The molecule has 0 fully saturated rings. The van der Waals surface area contributed by atoms with Crippen LogP contribution in [0.15, 0.2) is 36.9 Å². The van der Waals surface area contributed by atoms with Crippen molar-refractivity contribution in [3.05, 3.63) is 59.2 Å². The molecule has 3 heteroatoms. The van der Waals surface area contributed by atoms with Gasteiger partial charge in [-0.15, -0.1) is 0 Å². The molecule has 1 aromatic carbocycles. The summed E-state index contributed by atoms with van der Waals surface area (Å²) in [6.07, 6.45) is 4.93. The first-order valence-corrected chi connectivity index (χ1v) is 5.50. The van der Waals surface area contributed by atoms with Gasteiger partial charge in [0.15, 0.2) is 5.78 Å². The van der Waals surface area contributed by atoms with E-state index >= 15 is 0 Å². The van der Waals surface area contributed by atoms with E-state index in [4.69, 9.17) is 0 Å². The fourth-order valence-electron chi connectivity index (χ4n) is 1.90. The Hall–Kier alpha value is -2.03. The van der Waals surface area contributed by atoms with E-state index in [2.05, 4.69) is 16.0 Å². The van der Waals surface area contributed by atoms with Crippen molar-refractivity contribution in [2.75, 3.05) is 0 Å². The first-order chi connectivity index (χ1) is 8.15. The third-order valence-corrected chi connectivity index (χ3v) is 2.53. The summed E-state index contributed by atoms with van der Waals surface area (Å²) < 4.78 is 0. The molecule has 17 heavy (non-hydrogen) atoms. The molecule has 0 spiro atoms. The standard InChI is InChI=1S/C14H14N2O/c1-10-3-11(2)5-12(4-10)6-14(17)13-7-15-9-16-8-13/h3-5,7-9H,6H2,1-2H3.